The zero-order valence-corrected chi connectivity index (χ0v) is 15.1. The van der Waals surface area contributed by atoms with Gasteiger partial charge in [0.1, 0.15) is 11.5 Å². The smallest absolute Gasteiger partial charge is 0.251 e. The summed E-state index contributed by atoms with van der Waals surface area (Å²) in [5.41, 5.74) is 1.90. The van der Waals surface area contributed by atoms with Crippen molar-refractivity contribution in [3.63, 3.8) is 0 Å². The highest BCUT2D eigenvalue weighted by Gasteiger charge is 2.30. The van der Waals surface area contributed by atoms with Crippen LogP contribution in [0.25, 0.3) is 11.3 Å². The average Bonchev–Trinajstić information content (AvgIpc) is 3.33. The first-order chi connectivity index (χ1) is 13.6. The molecule has 2 heterocycles. The zero-order chi connectivity index (χ0) is 19.5. The molecule has 2 aromatic carbocycles. The average molecular weight is 374 g/mol. The molecule has 1 N–H and O–H groups in total. The molecule has 4 rings (SSSR count). The van der Waals surface area contributed by atoms with Crippen LogP contribution in [-0.2, 0) is 16.1 Å². The number of carbonyl (C=O) groups is 3. The summed E-state index contributed by atoms with van der Waals surface area (Å²) in [7, 11) is 0. The van der Waals surface area contributed by atoms with E-state index in [1.54, 1.807) is 24.3 Å². The highest BCUT2D eigenvalue weighted by Crippen LogP contribution is 2.23. The van der Waals surface area contributed by atoms with Gasteiger partial charge >= 0.3 is 0 Å². The Kier molecular flexibility index (Phi) is 4.76. The molecule has 0 bridgehead atoms. The van der Waals surface area contributed by atoms with Crippen LogP contribution in [0.2, 0.25) is 0 Å². The Morgan fingerprint density at radius 3 is 2.25 bits per heavy atom. The molecule has 1 aromatic heterocycles. The molecule has 0 spiro atoms. The molecular formula is C22H18N2O4. The largest absolute Gasteiger partial charge is 0.459 e. The molecule has 1 aliphatic heterocycles. The number of nitrogens with zero attached hydrogens (tertiary/aromatic N) is 1. The maximum Gasteiger partial charge on any atom is 0.251 e. The highest BCUT2D eigenvalue weighted by molar-refractivity contribution is 6.19. The van der Waals surface area contributed by atoms with E-state index >= 15 is 0 Å². The fraction of sp³-hybridized carbons (Fsp3) is 0.136. The van der Waals surface area contributed by atoms with Crippen LogP contribution in [0, 0.1) is 0 Å². The first-order valence-corrected chi connectivity index (χ1v) is 9.00. The topological polar surface area (TPSA) is 79.6 Å². The minimum atomic E-state index is -0.261. The Hall–Kier alpha value is -3.67. The second-order valence-corrected chi connectivity index (χ2v) is 6.48. The Bertz CT molecular complexity index is 1010. The molecule has 1 aliphatic rings. The number of amides is 3. The van der Waals surface area contributed by atoms with Gasteiger partial charge in [-0.05, 0) is 36.4 Å². The second-order valence-electron chi connectivity index (χ2n) is 6.48. The maximum atomic E-state index is 12.4. The zero-order valence-electron chi connectivity index (χ0n) is 15.1. The first kappa shape index (κ1) is 17.7. The van der Waals surface area contributed by atoms with Gasteiger partial charge in [-0.2, -0.15) is 0 Å². The van der Waals surface area contributed by atoms with Crippen molar-refractivity contribution in [2.75, 3.05) is 4.90 Å². The van der Waals surface area contributed by atoms with Crippen molar-refractivity contribution in [1.82, 2.24) is 5.32 Å². The van der Waals surface area contributed by atoms with E-state index in [2.05, 4.69) is 5.32 Å². The van der Waals surface area contributed by atoms with Crippen LogP contribution < -0.4 is 10.2 Å². The summed E-state index contributed by atoms with van der Waals surface area (Å²) in [4.78, 5) is 37.1. The summed E-state index contributed by atoms with van der Waals surface area (Å²) in [6.07, 6.45) is 0.463. The summed E-state index contributed by atoms with van der Waals surface area (Å²) in [5, 5.41) is 2.81. The molecule has 6 nitrogen and oxygen atoms in total. The molecule has 6 heteroatoms. The minimum absolute atomic E-state index is 0.214. The Labute approximate surface area is 161 Å². The Morgan fingerprint density at radius 2 is 1.57 bits per heavy atom. The van der Waals surface area contributed by atoms with Crippen LogP contribution in [0.15, 0.2) is 71.1 Å². The van der Waals surface area contributed by atoms with Gasteiger partial charge in [-0.25, -0.2) is 0 Å². The van der Waals surface area contributed by atoms with Crippen LogP contribution in [0.3, 0.4) is 0 Å². The normalized spacial score (nSPS) is 13.8. The van der Waals surface area contributed by atoms with Crippen molar-refractivity contribution in [2.24, 2.45) is 0 Å². The van der Waals surface area contributed by atoms with Gasteiger partial charge in [0.05, 0.1) is 12.2 Å². The predicted octanol–water partition coefficient (Wildman–Crippen LogP) is 3.53. The Morgan fingerprint density at radius 1 is 0.893 bits per heavy atom. The third-order valence-corrected chi connectivity index (χ3v) is 4.58. The molecule has 0 unspecified atom stereocenters. The number of rotatable bonds is 5. The standard InChI is InChI=1S/C22H18N2O4/c25-20-12-13-21(26)24(20)17-8-6-16(7-9-17)22(27)23-14-18-10-11-19(28-18)15-4-2-1-3-5-15/h1-11H,12-14H2,(H,23,27). The molecule has 3 aromatic rings. The lowest BCUT2D eigenvalue weighted by molar-refractivity contribution is -0.121. The number of benzene rings is 2. The number of carbonyl (C=O) groups excluding carboxylic acids is 3. The van der Waals surface area contributed by atoms with Crippen molar-refractivity contribution in [2.45, 2.75) is 19.4 Å². The van der Waals surface area contributed by atoms with Gasteiger partial charge in [-0.15, -0.1) is 0 Å². The lowest BCUT2D eigenvalue weighted by Crippen LogP contribution is -2.28. The van der Waals surface area contributed by atoms with Gasteiger partial charge in [-0.3, -0.25) is 19.3 Å². The van der Waals surface area contributed by atoms with Crippen molar-refractivity contribution in [1.29, 1.82) is 0 Å². The summed E-state index contributed by atoms with van der Waals surface area (Å²) in [5.74, 6) is 0.706. The number of anilines is 1. The van der Waals surface area contributed by atoms with Gasteiger partial charge in [0.25, 0.3) is 5.91 Å². The van der Waals surface area contributed by atoms with Crippen LogP contribution >= 0.6 is 0 Å². The van der Waals surface area contributed by atoms with Crippen LogP contribution in [-0.4, -0.2) is 17.7 Å². The van der Waals surface area contributed by atoms with Crippen LogP contribution in [0.1, 0.15) is 29.0 Å². The molecular weight excluding hydrogens is 356 g/mol. The molecule has 0 radical (unpaired) electrons. The van der Waals surface area contributed by atoms with E-state index in [4.69, 9.17) is 4.42 Å². The van der Waals surface area contributed by atoms with Crippen molar-refractivity contribution < 1.29 is 18.8 Å². The van der Waals surface area contributed by atoms with E-state index in [9.17, 15) is 14.4 Å². The van der Waals surface area contributed by atoms with Crippen LogP contribution in [0.4, 0.5) is 5.69 Å². The van der Waals surface area contributed by atoms with Crippen molar-refractivity contribution in [3.8, 4) is 11.3 Å². The van der Waals surface area contributed by atoms with Gasteiger partial charge < -0.3 is 9.73 Å². The van der Waals surface area contributed by atoms with E-state index in [-0.39, 0.29) is 37.1 Å². The van der Waals surface area contributed by atoms with E-state index in [1.165, 1.54) is 0 Å². The molecule has 0 aliphatic carbocycles. The summed E-state index contributed by atoms with van der Waals surface area (Å²) < 4.78 is 5.77. The summed E-state index contributed by atoms with van der Waals surface area (Å²) in [6.45, 7) is 0.260. The number of imide groups is 1. The third-order valence-electron chi connectivity index (χ3n) is 4.58. The highest BCUT2D eigenvalue weighted by atomic mass is 16.3. The third kappa shape index (κ3) is 3.57. The van der Waals surface area contributed by atoms with Gasteiger partial charge in [0, 0.05) is 24.0 Å². The molecule has 1 fully saturated rings. The van der Waals surface area contributed by atoms with Crippen LogP contribution in [0.5, 0.6) is 0 Å². The van der Waals surface area contributed by atoms with E-state index in [0.717, 1.165) is 16.2 Å². The summed E-state index contributed by atoms with van der Waals surface area (Å²) >= 11 is 0. The first-order valence-electron chi connectivity index (χ1n) is 9.00. The van der Waals surface area contributed by atoms with E-state index in [1.807, 2.05) is 42.5 Å². The predicted molar refractivity (Wildman–Crippen MR) is 103 cm³/mol. The number of furan rings is 1. The lowest BCUT2D eigenvalue weighted by atomic mass is 10.2. The monoisotopic (exact) mass is 374 g/mol. The lowest BCUT2D eigenvalue weighted by Gasteiger charge is -2.14. The second kappa shape index (κ2) is 7.52. The summed E-state index contributed by atoms with van der Waals surface area (Å²) in [6, 6.07) is 19.8. The van der Waals surface area contributed by atoms with Gasteiger partial charge in [0.2, 0.25) is 11.8 Å². The molecule has 3 amide bonds. The number of hydrogen-bond acceptors (Lipinski definition) is 4. The fourth-order valence-electron chi connectivity index (χ4n) is 3.13. The maximum absolute atomic E-state index is 12.4. The molecule has 28 heavy (non-hydrogen) atoms. The molecule has 140 valence electrons. The van der Waals surface area contributed by atoms with E-state index in [0.29, 0.717) is 17.0 Å². The molecule has 1 saturated heterocycles. The van der Waals surface area contributed by atoms with Gasteiger partial charge in [0.15, 0.2) is 0 Å². The SMILES string of the molecule is O=C(NCc1ccc(-c2ccccc2)o1)c1ccc(N2C(=O)CCC2=O)cc1. The molecule has 0 saturated carbocycles. The Balaban J connectivity index is 1.38. The van der Waals surface area contributed by atoms with Crippen molar-refractivity contribution >= 4 is 23.4 Å². The minimum Gasteiger partial charge on any atom is -0.459 e. The fourth-order valence-corrected chi connectivity index (χ4v) is 3.13. The van der Waals surface area contributed by atoms with Crippen molar-refractivity contribution in [3.05, 3.63) is 78.1 Å². The number of nitrogens with one attached hydrogen (secondary N) is 1. The molecule has 0 atom stereocenters. The quantitative estimate of drug-likeness (QED) is 0.693. The van der Waals surface area contributed by atoms with Gasteiger partial charge in [-0.1, -0.05) is 30.3 Å². The number of hydrogen-bond donors (Lipinski definition) is 1. The van der Waals surface area contributed by atoms with E-state index < -0.39 is 0 Å².